The van der Waals surface area contributed by atoms with Crippen LogP contribution in [0.25, 0.3) is 0 Å². The van der Waals surface area contributed by atoms with Gasteiger partial charge in [0.15, 0.2) is 0 Å². The number of hydrogen-bond donors (Lipinski definition) is 1. The first-order chi connectivity index (χ1) is 8.15. The third-order valence-electron chi connectivity index (χ3n) is 4.38. The molecule has 0 bridgehead atoms. The van der Waals surface area contributed by atoms with Crippen LogP contribution in [-0.4, -0.2) is 80.1 Å². The van der Waals surface area contributed by atoms with E-state index in [1.54, 1.807) is 0 Å². The predicted molar refractivity (Wildman–Crippen MR) is 72.1 cm³/mol. The maximum atomic E-state index is 5.97. The number of rotatable bonds is 4. The van der Waals surface area contributed by atoms with Crippen molar-refractivity contribution in [3.8, 4) is 0 Å². The average Bonchev–Trinajstić information content (AvgIpc) is 2.77. The van der Waals surface area contributed by atoms with Gasteiger partial charge in [0, 0.05) is 51.9 Å². The van der Waals surface area contributed by atoms with Gasteiger partial charge in [0.25, 0.3) is 0 Å². The van der Waals surface area contributed by atoms with Crippen LogP contribution in [-0.2, 0) is 0 Å². The molecule has 4 nitrogen and oxygen atoms in total. The van der Waals surface area contributed by atoms with Gasteiger partial charge in [-0.05, 0) is 32.9 Å². The Bertz CT molecular complexity index is 223. The number of likely N-dealkylation sites (tertiary alicyclic amines) is 1. The highest BCUT2D eigenvalue weighted by Gasteiger charge is 2.25. The van der Waals surface area contributed by atoms with Crippen molar-refractivity contribution in [2.24, 2.45) is 11.7 Å². The molecule has 2 atom stereocenters. The van der Waals surface area contributed by atoms with Crippen LogP contribution in [0.4, 0.5) is 0 Å². The molecule has 2 N–H and O–H groups in total. The maximum absolute atomic E-state index is 5.97. The van der Waals surface area contributed by atoms with E-state index in [0.29, 0.717) is 6.04 Å². The molecule has 2 heterocycles. The molecule has 2 fully saturated rings. The van der Waals surface area contributed by atoms with Crippen LogP contribution < -0.4 is 5.73 Å². The van der Waals surface area contributed by atoms with E-state index in [9.17, 15) is 0 Å². The normalized spacial score (nSPS) is 30.9. The van der Waals surface area contributed by atoms with Crippen molar-refractivity contribution in [3.05, 3.63) is 0 Å². The summed E-state index contributed by atoms with van der Waals surface area (Å²) in [4.78, 5) is 7.60. The van der Waals surface area contributed by atoms with Crippen molar-refractivity contribution >= 4 is 0 Å². The molecule has 0 amide bonds. The fourth-order valence-electron chi connectivity index (χ4n) is 2.85. The van der Waals surface area contributed by atoms with Crippen molar-refractivity contribution in [2.45, 2.75) is 19.4 Å². The lowest BCUT2D eigenvalue weighted by Crippen LogP contribution is -2.46. The van der Waals surface area contributed by atoms with E-state index in [2.05, 4.69) is 28.7 Å². The molecule has 2 unspecified atom stereocenters. The lowest BCUT2D eigenvalue weighted by Gasteiger charge is -2.33. The van der Waals surface area contributed by atoms with Crippen molar-refractivity contribution in [1.29, 1.82) is 0 Å². The summed E-state index contributed by atoms with van der Waals surface area (Å²) in [6, 6.07) is 0.364. The quantitative estimate of drug-likeness (QED) is 0.744. The van der Waals surface area contributed by atoms with E-state index in [0.717, 1.165) is 5.92 Å². The SMILES string of the molecule is CC(N)C1CCN(CCN2CCN(C)CC2)C1. The molecular formula is C13H28N4. The minimum atomic E-state index is 0.364. The zero-order chi connectivity index (χ0) is 12.3. The van der Waals surface area contributed by atoms with Gasteiger partial charge in [-0.15, -0.1) is 0 Å². The number of likely N-dealkylation sites (N-methyl/N-ethyl adjacent to an activating group) is 1. The molecular weight excluding hydrogens is 212 g/mol. The molecule has 0 spiro atoms. The van der Waals surface area contributed by atoms with Gasteiger partial charge < -0.3 is 15.5 Å². The third kappa shape index (κ3) is 3.91. The van der Waals surface area contributed by atoms with Crippen LogP contribution in [0.5, 0.6) is 0 Å². The first-order valence-corrected chi connectivity index (χ1v) is 7.04. The largest absolute Gasteiger partial charge is 0.328 e. The molecule has 100 valence electrons. The smallest absolute Gasteiger partial charge is 0.0110 e. The van der Waals surface area contributed by atoms with E-state index in [-0.39, 0.29) is 0 Å². The van der Waals surface area contributed by atoms with Gasteiger partial charge in [-0.25, -0.2) is 0 Å². The summed E-state index contributed by atoms with van der Waals surface area (Å²) in [6.45, 7) is 12.0. The first kappa shape index (κ1) is 13.3. The lowest BCUT2D eigenvalue weighted by atomic mass is 10.0. The summed E-state index contributed by atoms with van der Waals surface area (Å²) in [5, 5.41) is 0. The molecule has 4 heteroatoms. The van der Waals surface area contributed by atoms with Crippen LogP contribution in [0.1, 0.15) is 13.3 Å². The summed E-state index contributed by atoms with van der Waals surface area (Å²) in [5.74, 6) is 0.725. The highest BCUT2D eigenvalue weighted by Crippen LogP contribution is 2.18. The molecule has 0 aliphatic carbocycles. The molecule has 0 aromatic rings. The molecule has 2 aliphatic heterocycles. The standard InChI is InChI=1S/C13H28N4/c1-12(14)13-3-4-17(11-13)10-9-16-7-5-15(2)6-8-16/h12-13H,3-11,14H2,1-2H3. The highest BCUT2D eigenvalue weighted by atomic mass is 15.3. The molecule has 2 saturated heterocycles. The summed E-state index contributed by atoms with van der Waals surface area (Å²) < 4.78 is 0. The Morgan fingerprint density at radius 3 is 2.29 bits per heavy atom. The Morgan fingerprint density at radius 2 is 1.71 bits per heavy atom. The van der Waals surface area contributed by atoms with Crippen molar-refractivity contribution in [1.82, 2.24) is 14.7 Å². The summed E-state index contributed by atoms with van der Waals surface area (Å²) in [7, 11) is 2.21. The zero-order valence-corrected chi connectivity index (χ0v) is 11.4. The van der Waals surface area contributed by atoms with E-state index in [4.69, 9.17) is 5.73 Å². The summed E-state index contributed by atoms with van der Waals surface area (Å²) in [5.41, 5.74) is 5.97. The summed E-state index contributed by atoms with van der Waals surface area (Å²) >= 11 is 0. The Balaban J connectivity index is 1.63. The Labute approximate surface area is 106 Å². The van der Waals surface area contributed by atoms with E-state index in [1.165, 1.54) is 58.8 Å². The third-order valence-corrected chi connectivity index (χ3v) is 4.38. The van der Waals surface area contributed by atoms with Gasteiger partial charge in [-0.1, -0.05) is 0 Å². The monoisotopic (exact) mass is 240 g/mol. The van der Waals surface area contributed by atoms with Crippen LogP contribution in [0.3, 0.4) is 0 Å². The van der Waals surface area contributed by atoms with Gasteiger partial charge in [-0.3, -0.25) is 4.90 Å². The van der Waals surface area contributed by atoms with Gasteiger partial charge in [-0.2, -0.15) is 0 Å². The minimum Gasteiger partial charge on any atom is -0.328 e. The van der Waals surface area contributed by atoms with Crippen molar-refractivity contribution in [2.75, 3.05) is 59.4 Å². The van der Waals surface area contributed by atoms with Gasteiger partial charge >= 0.3 is 0 Å². The number of nitrogens with two attached hydrogens (primary N) is 1. The van der Waals surface area contributed by atoms with Crippen molar-refractivity contribution in [3.63, 3.8) is 0 Å². The molecule has 0 saturated carbocycles. The molecule has 0 aromatic carbocycles. The van der Waals surface area contributed by atoms with E-state index in [1.807, 2.05) is 0 Å². The van der Waals surface area contributed by atoms with Crippen LogP contribution >= 0.6 is 0 Å². The van der Waals surface area contributed by atoms with Gasteiger partial charge in [0.1, 0.15) is 0 Å². The van der Waals surface area contributed by atoms with Gasteiger partial charge in [0.2, 0.25) is 0 Å². The fraction of sp³-hybridized carbons (Fsp3) is 1.00. The zero-order valence-electron chi connectivity index (χ0n) is 11.4. The van der Waals surface area contributed by atoms with Gasteiger partial charge in [0.05, 0.1) is 0 Å². The Morgan fingerprint density at radius 1 is 1.06 bits per heavy atom. The van der Waals surface area contributed by atoms with Crippen LogP contribution in [0.2, 0.25) is 0 Å². The lowest BCUT2D eigenvalue weighted by molar-refractivity contribution is 0.139. The second kappa shape index (κ2) is 6.14. The number of piperazine rings is 1. The highest BCUT2D eigenvalue weighted by molar-refractivity contribution is 4.81. The van der Waals surface area contributed by atoms with Crippen LogP contribution in [0, 0.1) is 5.92 Å². The molecule has 2 rings (SSSR count). The van der Waals surface area contributed by atoms with E-state index >= 15 is 0 Å². The molecule has 2 aliphatic rings. The molecule has 0 radical (unpaired) electrons. The van der Waals surface area contributed by atoms with Crippen molar-refractivity contribution < 1.29 is 0 Å². The Hall–Kier alpha value is -0.160. The second-order valence-corrected chi connectivity index (χ2v) is 5.85. The topological polar surface area (TPSA) is 35.7 Å². The van der Waals surface area contributed by atoms with Crippen LogP contribution in [0.15, 0.2) is 0 Å². The number of hydrogen-bond acceptors (Lipinski definition) is 4. The predicted octanol–water partition coefficient (Wildman–Crippen LogP) is -0.0971. The first-order valence-electron chi connectivity index (χ1n) is 7.04. The maximum Gasteiger partial charge on any atom is 0.0110 e. The Kier molecular flexibility index (Phi) is 4.79. The second-order valence-electron chi connectivity index (χ2n) is 5.85. The average molecular weight is 240 g/mol. The fourth-order valence-corrected chi connectivity index (χ4v) is 2.85. The van der Waals surface area contributed by atoms with E-state index < -0.39 is 0 Å². The minimum absolute atomic E-state index is 0.364. The summed E-state index contributed by atoms with van der Waals surface area (Å²) in [6.07, 6.45) is 1.29. The molecule has 0 aromatic heterocycles. The number of nitrogens with zero attached hydrogens (tertiary/aromatic N) is 3. The molecule has 17 heavy (non-hydrogen) atoms.